The molecule has 0 radical (unpaired) electrons. The van der Waals surface area contributed by atoms with Crippen LogP contribution in [0.1, 0.15) is 5.82 Å². The summed E-state index contributed by atoms with van der Waals surface area (Å²) in [6, 6.07) is 0. The van der Waals surface area contributed by atoms with Gasteiger partial charge in [-0.3, -0.25) is 9.20 Å². The van der Waals surface area contributed by atoms with Crippen molar-refractivity contribution in [3.63, 3.8) is 0 Å². The third kappa shape index (κ3) is 2.72. The first-order valence-electron chi connectivity index (χ1n) is 5.45. The van der Waals surface area contributed by atoms with E-state index in [1.807, 2.05) is 11.3 Å². The molecule has 3 N–H and O–H groups in total. The predicted molar refractivity (Wildman–Crippen MR) is 64.0 cm³/mol. The zero-order valence-electron chi connectivity index (χ0n) is 9.96. The molecule has 96 valence electrons. The van der Waals surface area contributed by atoms with Crippen LogP contribution in [0.25, 0.3) is 5.65 Å². The number of nitrogens with one attached hydrogen (secondary N) is 1. The molecule has 0 aliphatic heterocycles. The number of hydrogen-bond donors (Lipinski definition) is 2. The Kier molecular flexibility index (Phi) is 3.68. The molecule has 0 bridgehead atoms. The molecule has 0 fully saturated rings. The van der Waals surface area contributed by atoms with Crippen molar-refractivity contribution >= 4 is 17.4 Å². The molecule has 1 amide bonds. The lowest BCUT2D eigenvalue weighted by atomic mass is 10.5. The second kappa shape index (κ2) is 5.41. The van der Waals surface area contributed by atoms with Gasteiger partial charge in [0.05, 0.1) is 6.61 Å². The first kappa shape index (κ1) is 12.2. The first-order chi connectivity index (χ1) is 8.68. The monoisotopic (exact) mass is 250 g/mol. The van der Waals surface area contributed by atoms with Gasteiger partial charge in [0.15, 0.2) is 5.82 Å². The molecule has 8 nitrogen and oxygen atoms in total. The number of hydrogen-bond acceptors (Lipinski definition) is 6. The van der Waals surface area contributed by atoms with Gasteiger partial charge in [0.2, 0.25) is 11.6 Å². The van der Waals surface area contributed by atoms with Crippen LogP contribution in [0.3, 0.4) is 0 Å². The van der Waals surface area contributed by atoms with E-state index in [0.717, 1.165) is 5.82 Å². The highest BCUT2D eigenvalue weighted by molar-refractivity contribution is 5.74. The maximum atomic E-state index is 10.5. The summed E-state index contributed by atoms with van der Waals surface area (Å²) in [7, 11) is 0. The molecule has 2 aromatic rings. The van der Waals surface area contributed by atoms with Gasteiger partial charge in [-0.2, -0.15) is 0 Å². The number of nitrogens with two attached hydrogens (primary N) is 1. The lowest BCUT2D eigenvalue weighted by molar-refractivity contribution is -0.122. The normalized spacial score (nSPS) is 10.7. The number of fused-ring (bicyclic) bond motifs is 1. The van der Waals surface area contributed by atoms with Crippen LogP contribution >= 0.6 is 0 Å². The standard InChI is InChI=1S/C10H14N6O2/c1-7-14-15-10-9(12-2-4-16(7)10)13-3-5-18-6-8(11)17/h2,4H,3,5-6H2,1H3,(H2,11,17)(H,12,13). The van der Waals surface area contributed by atoms with Crippen LogP contribution in [0.5, 0.6) is 0 Å². The largest absolute Gasteiger partial charge is 0.370 e. The highest BCUT2D eigenvalue weighted by Gasteiger charge is 2.06. The van der Waals surface area contributed by atoms with E-state index in [1.165, 1.54) is 0 Å². The fourth-order valence-electron chi connectivity index (χ4n) is 1.48. The Bertz CT molecular complexity index is 552. The Morgan fingerprint density at radius 2 is 2.39 bits per heavy atom. The number of primary amides is 1. The van der Waals surface area contributed by atoms with Crippen LogP contribution in [0, 0.1) is 6.92 Å². The topological polar surface area (TPSA) is 107 Å². The zero-order chi connectivity index (χ0) is 13.0. The molecule has 8 heteroatoms. The smallest absolute Gasteiger partial charge is 0.243 e. The summed E-state index contributed by atoms with van der Waals surface area (Å²) in [5.41, 5.74) is 5.60. The van der Waals surface area contributed by atoms with Crippen molar-refractivity contribution in [2.75, 3.05) is 25.1 Å². The van der Waals surface area contributed by atoms with Crippen molar-refractivity contribution in [3.8, 4) is 0 Å². The Labute approximate surface area is 103 Å². The van der Waals surface area contributed by atoms with E-state index < -0.39 is 5.91 Å². The van der Waals surface area contributed by atoms with E-state index in [0.29, 0.717) is 24.6 Å². The average Bonchev–Trinajstić information content (AvgIpc) is 2.71. The molecule has 0 saturated carbocycles. The first-order valence-corrected chi connectivity index (χ1v) is 5.45. The van der Waals surface area contributed by atoms with Crippen molar-refractivity contribution in [3.05, 3.63) is 18.2 Å². The minimum absolute atomic E-state index is 0.0800. The Morgan fingerprint density at radius 3 is 3.17 bits per heavy atom. The van der Waals surface area contributed by atoms with Crippen LogP contribution in [-0.2, 0) is 9.53 Å². The highest BCUT2D eigenvalue weighted by atomic mass is 16.5. The van der Waals surface area contributed by atoms with E-state index in [1.54, 1.807) is 12.4 Å². The van der Waals surface area contributed by atoms with E-state index in [4.69, 9.17) is 10.5 Å². The third-order valence-electron chi connectivity index (χ3n) is 2.28. The molecule has 2 aromatic heterocycles. The summed E-state index contributed by atoms with van der Waals surface area (Å²) >= 11 is 0. The molecule has 0 spiro atoms. The number of aryl methyl sites for hydroxylation is 1. The molecule has 0 atom stereocenters. The highest BCUT2D eigenvalue weighted by Crippen LogP contribution is 2.11. The minimum Gasteiger partial charge on any atom is -0.370 e. The molecule has 2 heterocycles. The van der Waals surface area contributed by atoms with Gasteiger partial charge >= 0.3 is 0 Å². The van der Waals surface area contributed by atoms with Crippen molar-refractivity contribution < 1.29 is 9.53 Å². The number of aromatic nitrogens is 4. The lowest BCUT2D eigenvalue weighted by Gasteiger charge is -2.06. The van der Waals surface area contributed by atoms with Crippen LogP contribution in [0.2, 0.25) is 0 Å². The van der Waals surface area contributed by atoms with Crippen LogP contribution in [0.15, 0.2) is 12.4 Å². The van der Waals surface area contributed by atoms with Gasteiger partial charge in [-0.15, -0.1) is 10.2 Å². The summed E-state index contributed by atoms with van der Waals surface area (Å²) < 4.78 is 6.86. The van der Waals surface area contributed by atoms with Gasteiger partial charge in [-0.25, -0.2) is 4.98 Å². The van der Waals surface area contributed by atoms with Crippen LogP contribution in [0.4, 0.5) is 5.82 Å². The number of rotatable bonds is 6. The van der Waals surface area contributed by atoms with Crippen LogP contribution in [-0.4, -0.2) is 45.2 Å². The summed E-state index contributed by atoms with van der Waals surface area (Å²) in [5.74, 6) is 0.935. The number of carbonyl (C=O) groups excluding carboxylic acids is 1. The van der Waals surface area contributed by atoms with E-state index in [-0.39, 0.29) is 6.61 Å². The molecular formula is C10H14N6O2. The summed E-state index contributed by atoms with van der Waals surface area (Å²) in [5, 5.41) is 11.0. The number of ether oxygens (including phenoxy) is 1. The minimum atomic E-state index is -0.483. The van der Waals surface area contributed by atoms with Crippen molar-refractivity contribution in [2.24, 2.45) is 5.73 Å². The van der Waals surface area contributed by atoms with Crippen LogP contribution < -0.4 is 11.1 Å². The number of nitrogens with zero attached hydrogens (tertiary/aromatic N) is 4. The summed E-state index contributed by atoms with van der Waals surface area (Å²) in [6.07, 6.45) is 3.45. The second-order valence-corrected chi connectivity index (χ2v) is 3.66. The van der Waals surface area contributed by atoms with E-state index in [2.05, 4.69) is 20.5 Å². The fourth-order valence-corrected chi connectivity index (χ4v) is 1.48. The predicted octanol–water partition coefficient (Wildman–Crippen LogP) is -0.653. The Hall–Kier alpha value is -2.22. The van der Waals surface area contributed by atoms with Gasteiger partial charge < -0.3 is 15.8 Å². The van der Waals surface area contributed by atoms with E-state index in [9.17, 15) is 4.79 Å². The third-order valence-corrected chi connectivity index (χ3v) is 2.28. The molecule has 18 heavy (non-hydrogen) atoms. The van der Waals surface area contributed by atoms with Gasteiger partial charge in [0.25, 0.3) is 0 Å². The summed E-state index contributed by atoms with van der Waals surface area (Å²) in [4.78, 5) is 14.6. The molecule has 0 unspecified atom stereocenters. The molecule has 0 aromatic carbocycles. The molecule has 0 saturated heterocycles. The molecule has 2 rings (SSSR count). The Balaban J connectivity index is 1.93. The zero-order valence-corrected chi connectivity index (χ0v) is 9.96. The van der Waals surface area contributed by atoms with Crippen molar-refractivity contribution in [2.45, 2.75) is 6.92 Å². The maximum absolute atomic E-state index is 10.5. The van der Waals surface area contributed by atoms with Crippen molar-refractivity contribution in [1.29, 1.82) is 0 Å². The quantitative estimate of drug-likeness (QED) is 0.659. The number of carbonyl (C=O) groups is 1. The van der Waals surface area contributed by atoms with Gasteiger partial charge in [-0.1, -0.05) is 0 Å². The lowest BCUT2D eigenvalue weighted by Crippen LogP contribution is -2.20. The molecule has 0 aliphatic carbocycles. The van der Waals surface area contributed by atoms with Crippen molar-refractivity contribution in [1.82, 2.24) is 19.6 Å². The number of amides is 1. The molecule has 0 aliphatic rings. The van der Waals surface area contributed by atoms with Gasteiger partial charge in [0.1, 0.15) is 12.4 Å². The van der Waals surface area contributed by atoms with Gasteiger partial charge in [-0.05, 0) is 6.92 Å². The summed E-state index contributed by atoms with van der Waals surface area (Å²) in [6.45, 7) is 2.65. The Morgan fingerprint density at radius 1 is 1.56 bits per heavy atom. The maximum Gasteiger partial charge on any atom is 0.243 e. The van der Waals surface area contributed by atoms with E-state index >= 15 is 0 Å². The van der Waals surface area contributed by atoms with Gasteiger partial charge in [0, 0.05) is 18.9 Å². The fraction of sp³-hybridized carbons (Fsp3) is 0.400. The SMILES string of the molecule is Cc1nnc2c(NCCOCC(N)=O)nccn12. The average molecular weight is 250 g/mol. The second-order valence-electron chi connectivity index (χ2n) is 3.66. The number of anilines is 1. The molecular weight excluding hydrogens is 236 g/mol.